The van der Waals surface area contributed by atoms with E-state index in [0.29, 0.717) is 5.69 Å². The van der Waals surface area contributed by atoms with Crippen LogP contribution in [-0.2, 0) is 7.05 Å². The second kappa shape index (κ2) is 2.76. The van der Waals surface area contributed by atoms with Gasteiger partial charge in [-0.15, -0.1) is 5.10 Å². The van der Waals surface area contributed by atoms with Crippen LogP contribution in [0.25, 0.3) is 0 Å². The number of nitrogens with two attached hydrogens (primary N) is 1. The van der Waals surface area contributed by atoms with Gasteiger partial charge in [-0.25, -0.2) is 0 Å². The summed E-state index contributed by atoms with van der Waals surface area (Å²) in [5.74, 6) is 0. The van der Waals surface area contributed by atoms with Crippen LogP contribution in [0.15, 0.2) is 6.20 Å². The predicted molar refractivity (Wildman–Crippen MR) is 35.0 cm³/mol. The summed E-state index contributed by atoms with van der Waals surface area (Å²) in [6, 6.07) is 0. The lowest BCUT2D eigenvalue weighted by Crippen LogP contribution is -2.11. The Morgan fingerprint density at radius 2 is 2.60 bits per heavy atom. The number of aromatic nitrogens is 3. The highest BCUT2D eigenvalue weighted by molar-refractivity contribution is 4.96. The Labute approximate surface area is 58.5 Å². The van der Waals surface area contributed by atoms with Gasteiger partial charge in [-0.3, -0.25) is 4.68 Å². The molecule has 0 aliphatic heterocycles. The minimum Gasteiger partial charge on any atom is -0.385 e. The third kappa shape index (κ3) is 1.31. The second-order valence-electron chi connectivity index (χ2n) is 2.07. The molecule has 0 aliphatic rings. The van der Waals surface area contributed by atoms with Gasteiger partial charge in [0, 0.05) is 13.6 Å². The highest BCUT2D eigenvalue weighted by Crippen LogP contribution is 2.04. The molecule has 0 radical (unpaired) electrons. The molecule has 0 bridgehead atoms. The number of nitrogens with zero attached hydrogens (tertiary/aromatic N) is 3. The van der Waals surface area contributed by atoms with Crippen LogP contribution in [0.1, 0.15) is 11.8 Å². The molecule has 0 fully saturated rings. The normalized spacial score (nSPS) is 13.5. The Bertz CT molecular complexity index is 209. The molecule has 1 atom stereocenters. The fourth-order valence-electron chi connectivity index (χ4n) is 0.639. The molecule has 1 aromatic heterocycles. The number of aliphatic hydroxyl groups excluding tert-OH is 1. The van der Waals surface area contributed by atoms with Crippen LogP contribution in [-0.4, -0.2) is 26.6 Å². The molecule has 0 aromatic carbocycles. The van der Waals surface area contributed by atoms with E-state index in [1.807, 2.05) is 0 Å². The van der Waals surface area contributed by atoms with Gasteiger partial charge in [0.05, 0.1) is 6.20 Å². The summed E-state index contributed by atoms with van der Waals surface area (Å²) < 4.78 is 1.52. The van der Waals surface area contributed by atoms with Crippen molar-refractivity contribution in [3.05, 3.63) is 11.9 Å². The maximum atomic E-state index is 9.10. The molecule has 56 valence electrons. The lowest BCUT2D eigenvalue weighted by molar-refractivity contribution is 0.181. The van der Waals surface area contributed by atoms with E-state index in [1.165, 1.54) is 4.68 Å². The van der Waals surface area contributed by atoms with Crippen molar-refractivity contribution in [1.29, 1.82) is 0 Å². The van der Waals surface area contributed by atoms with Crippen molar-refractivity contribution in [2.75, 3.05) is 6.54 Å². The van der Waals surface area contributed by atoms with Crippen LogP contribution < -0.4 is 5.73 Å². The van der Waals surface area contributed by atoms with Crippen molar-refractivity contribution in [3.63, 3.8) is 0 Å². The van der Waals surface area contributed by atoms with Crippen molar-refractivity contribution in [2.45, 2.75) is 6.10 Å². The molecule has 1 heterocycles. The van der Waals surface area contributed by atoms with Crippen molar-refractivity contribution in [3.8, 4) is 0 Å². The molecule has 0 aliphatic carbocycles. The average Bonchev–Trinajstić information content (AvgIpc) is 2.34. The van der Waals surface area contributed by atoms with Gasteiger partial charge in [0.1, 0.15) is 11.8 Å². The number of rotatable bonds is 2. The zero-order chi connectivity index (χ0) is 7.56. The molecule has 5 heteroatoms. The summed E-state index contributed by atoms with van der Waals surface area (Å²) >= 11 is 0. The average molecular weight is 142 g/mol. The van der Waals surface area contributed by atoms with E-state index in [2.05, 4.69) is 10.3 Å². The quantitative estimate of drug-likeness (QED) is 0.544. The standard InChI is InChI=1S/C5H10N4O/c1-9-3-4(7-8-9)5(10)2-6/h3,5,10H,2,6H2,1H3/t5-/m1/s1. The van der Waals surface area contributed by atoms with E-state index in [1.54, 1.807) is 13.2 Å². The molecular formula is C5H10N4O. The number of hydrogen-bond donors (Lipinski definition) is 2. The van der Waals surface area contributed by atoms with Crippen LogP contribution >= 0.6 is 0 Å². The van der Waals surface area contributed by atoms with Crippen LogP contribution in [0.5, 0.6) is 0 Å². The maximum absolute atomic E-state index is 9.10. The van der Waals surface area contributed by atoms with Gasteiger partial charge >= 0.3 is 0 Å². The molecule has 3 N–H and O–H groups in total. The summed E-state index contributed by atoms with van der Waals surface area (Å²) in [6.45, 7) is 0.179. The first-order chi connectivity index (χ1) is 4.74. The summed E-state index contributed by atoms with van der Waals surface area (Å²) in [7, 11) is 1.74. The Hall–Kier alpha value is -0.940. The van der Waals surface area contributed by atoms with E-state index >= 15 is 0 Å². The van der Waals surface area contributed by atoms with Gasteiger partial charge in [-0.2, -0.15) is 0 Å². The summed E-state index contributed by atoms with van der Waals surface area (Å²) in [6.07, 6.45) is 0.950. The zero-order valence-electron chi connectivity index (χ0n) is 5.73. The maximum Gasteiger partial charge on any atom is 0.112 e. The monoisotopic (exact) mass is 142 g/mol. The number of aryl methyl sites for hydroxylation is 1. The summed E-state index contributed by atoms with van der Waals surface area (Å²) in [4.78, 5) is 0. The Kier molecular flexibility index (Phi) is 1.98. The highest BCUT2D eigenvalue weighted by Gasteiger charge is 2.07. The summed E-state index contributed by atoms with van der Waals surface area (Å²) in [5.41, 5.74) is 5.70. The van der Waals surface area contributed by atoms with Gasteiger partial charge in [-0.1, -0.05) is 5.21 Å². The number of aliphatic hydroxyl groups is 1. The van der Waals surface area contributed by atoms with E-state index in [0.717, 1.165) is 0 Å². The van der Waals surface area contributed by atoms with E-state index in [9.17, 15) is 0 Å². The minimum absolute atomic E-state index is 0.179. The first-order valence-corrected chi connectivity index (χ1v) is 2.98. The molecular weight excluding hydrogens is 132 g/mol. The molecule has 0 saturated heterocycles. The van der Waals surface area contributed by atoms with Crippen LogP contribution in [0.3, 0.4) is 0 Å². The van der Waals surface area contributed by atoms with Crippen LogP contribution in [0.2, 0.25) is 0 Å². The third-order valence-corrected chi connectivity index (χ3v) is 1.19. The molecule has 0 spiro atoms. The van der Waals surface area contributed by atoms with Crippen LogP contribution in [0, 0.1) is 0 Å². The second-order valence-corrected chi connectivity index (χ2v) is 2.07. The molecule has 0 saturated carbocycles. The fraction of sp³-hybridized carbons (Fsp3) is 0.600. The van der Waals surface area contributed by atoms with Gasteiger partial charge in [0.2, 0.25) is 0 Å². The topological polar surface area (TPSA) is 77.0 Å². The lowest BCUT2D eigenvalue weighted by atomic mass is 10.3. The van der Waals surface area contributed by atoms with Gasteiger partial charge < -0.3 is 10.8 Å². The molecule has 10 heavy (non-hydrogen) atoms. The van der Waals surface area contributed by atoms with Crippen molar-refractivity contribution >= 4 is 0 Å². The van der Waals surface area contributed by atoms with Crippen molar-refractivity contribution < 1.29 is 5.11 Å². The van der Waals surface area contributed by atoms with E-state index in [-0.39, 0.29) is 6.54 Å². The van der Waals surface area contributed by atoms with Crippen LogP contribution in [0.4, 0.5) is 0 Å². The number of hydrogen-bond acceptors (Lipinski definition) is 4. The largest absolute Gasteiger partial charge is 0.385 e. The SMILES string of the molecule is Cn1cc([C@H](O)CN)nn1. The third-order valence-electron chi connectivity index (χ3n) is 1.19. The van der Waals surface area contributed by atoms with Crippen molar-refractivity contribution in [2.24, 2.45) is 12.8 Å². The first-order valence-electron chi connectivity index (χ1n) is 2.98. The highest BCUT2D eigenvalue weighted by atomic mass is 16.3. The molecule has 1 rings (SSSR count). The minimum atomic E-state index is -0.686. The Balaban J connectivity index is 2.74. The lowest BCUT2D eigenvalue weighted by Gasteiger charge is -1.99. The van der Waals surface area contributed by atoms with Gasteiger partial charge in [0.25, 0.3) is 0 Å². The van der Waals surface area contributed by atoms with E-state index in [4.69, 9.17) is 10.8 Å². The zero-order valence-corrected chi connectivity index (χ0v) is 5.73. The fourth-order valence-corrected chi connectivity index (χ4v) is 0.639. The molecule has 0 unspecified atom stereocenters. The Morgan fingerprint density at radius 1 is 1.90 bits per heavy atom. The summed E-state index contributed by atoms with van der Waals surface area (Å²) in [5, 5.41) is 16.4. The van der Waals surface area contributed by atoms with E-state index < -0.39 is 6.10 Å². The first kappa shape index (κ1) is 7.17. The molecule has 1 aromatic rings. The Morgan fingerprint density at radius 3 is 3.00 bits per heavy atom. The predicted octanol–water partition coefficient (Wildman–Crippen LogP) is -1.19. The smallest absolute Gasteiger partial charge is 0.112 e. The van der Waals surface area contributed by atoms with Gasteiger partial charge in [0.15, 0.2) is 0 Å². The molecule has 0 amide bonds. The molecule has 5 nitrogen and oxygen atoms in total. The van der Waals surface area contributed by atoms with Crippen molar-refractivity contribution in [1.82, 2.24) is 15.0 Å². The van der Waals surface area contributed by atoms with Gasteiger partial charge in [-0.05, 0) is 0 Å².